The molecule has 0 aliphatic carbocycles. The Morgan fingerprint density at radius 1 is 1.53 bits per heavy atom. The number of carbonyl (C=O) groups excluding carboxylic acids is 1. The fourth-order valence-corrected chi connectivity index (χ4v) is 1.36. The van der Waals surface area contributed by atoms with Crippen LogP contribution in [0, 0.1) is 11.8 Å². The number of H-pyrrole nitrogens is 1. The molecule has 2 heterocycles. The van der Waals surface area contributed by atoms with Gasteiger partial charge >= 0.3 is 0 Å². The van der Waals surface area contributed by atoms with Crippen LogP contribution in [-0.4, -0.2) is 27.4 Å². The molecule has 2 aromatic heterocycles. The molecule has 5 heteroatoms. The Balaban J connectivity index is 1.98. The first kappa shape index (κ1) is 11.1. The highest BCUT2D eigenvalue weighted by Gasteiger charge is 1.96. The van der Waals surface area contributed by atoms with E-state index in [1.54, 1.807) is 12.5 Å². The summed E-state index contributed by atoms with van der Waals surface area (Å²) in [5.74, 6) is 5.93. The smallest absolute Gasteiger partial charge is 0.216 e. The summed E-state index contributed by atoms with van der Waals surface area (Å²) >= 11 is 0. The number of rotatable bonds is 2. The van der Waals surface area contributed by atoms with Gasteiger partial charge in [-0.25, -0.2) is 9.97 Å². The largest absolute Gasteiger partial charge is 0.355 e. The lowest BCUT2D eigenvalue weighted by atomic mass is 10.2. The van der Waals surface area contributed by atoms with Gasteiger partial charge in [0.05, 0.1) is 11.8 Å². The Hall–Kier alpha value is -2.35. The molecule has 0 atom stereocenters. The third kappa shape index (κ3) is 3.05. The standard InChI is InChI=1S/C12H12N4O/c1-9(17)13-5-3-2-4-10-6-11-12(14-7-10)16-8-15-11/h6-8H,3,5H2,1H3,(H,13,17)(H,14,15,16). The Labute approximate surface area is 98.7 Å². The molecular weight excluding hydrogens is 216 g/mol. The van der Waals surface area contributed by atoms with Crippen molar-refractivity contribution in [3.05, 3.63) is 24.2 Å². The maximum atomic E-state index is 10.6. The molecule has 2 aromatic rings. The summed E-state index contributed by atoms with van der Waals surface area (Å²) < 4.78 is 0. The number of carbonyl (C=O) groups is 1. The second-order valence-electron chi connectivity index (χ2n) is 3.53. The van der Waals surface area contributed by atoms with E-state index < -0.39 is 0 Å². The predicted molar refractivity (Wildman–Crippen MR) is 64.1 cm³/mol. The molecule has 0 aliphatic heterocycles. The summed E-state index contributed by atoms with van der Waals surface area (Å²) in [5, 5.41) is 2.68. The van der Waals surface area contributed by atoms with Crippen molar-refractivity contribution < 1.29 is 4.79 Å². The first-order chi connectivity index (χ1) is 8.25. The minimum absolute atomic E-state index is 0.0349. The summed E-state index contributed by atoms with van der Waals surface area (Å²) in [6.45, 7) is 2.06. The fraction of sp³-hybridized carbons (Fsp3) is 0.250. The molecule has 0 unspecified atom stereocenters. The molecule has 0 saturated heterocycles. The molecule has 0 aromatic carbocycles. The zero-order valence-corrected chi connectivity index (χ0v) is 9.45. The second-order valence-corrected chi connectivity index (χ2v) is 3.53. The van der Waals surface area contributed by atoms with E-state index in [2.05, 4.69) is 32.1 Å². The van der Waals surface area contributed by atoms with Crippen LogP contribution in [0.5, 0.6) is 0 Å². The van der Waals surface area contributed by atoms with E-state index in [0.717, 1.165) is 11.1 Å². The van der Waals surface area contributed by atoms with Crippen molar-refractivity contribution in [1.82, 2.24) is 20.3 Å². The molecule has 86 valence electrons. The molecule has 0 saturated carbocycles. The summed E-state index contributed by atoms with van der Waals surface area (Å²) in [4.78, 5) is 21.8. The monoisotopic (exact) mass is 228 g/mol. The third-order valence-corrected chi connectivity index (χ3v) is 2.13. The maximum Gasteiger partial charge on any atom is 0.216 e. The van der Waals surface area contributed by atoms with Gasteiger partial charge in [-0.1, -0.05) is 11.8 Å². The normalized spacial score (nSPS) is 9.71. The summed E-state index contributed by atoms with van der Waals surface area (Å²) in [5.41, 5.74) is 2.40. The first-order valence-electron chi connectivity index (χ1n) is 5.28. The van der Waals surface area contributed by atoms with Gasteiger partial charge in [-0.15, -0.1) is 0 Å². The van der Waals surface area contributed by atoms with Crippen molar-refractivity contribution in [2.45, 2.75) is 13.3 Å². The molecule has 0 fully saturated rings. The Morgan fingerprint density at radius 2 is 2.41 bits per heavy atom. The number of aromatic nitrogens is 3. The molecular formula is C12H12N4O. The molecule has 0 aliphatic rings. The van der Waals surface area contributed by atoms with Gasteiger partial charge in [0, 0.05) is 31.6 Å². The highest BCUT2D eigenvalue weighted by atomic mass is 16.1. The summed E-state index contributed by atoms with van der Waals surface area (Å²) in [6, 6.07) is 1.90. The van der Waals surface area contributed by atoms with Gasteiger partial charge in [-0.2, -0.15) is 0 Å². The molecule has 0 bridgehead atoms. The third-order valence-electron chi connectivity index (χ3n) is 2.13. The molecule has 1 amide bonds. The molecule has 0 spiro atoms. The number of nitrogens with one attached hydrogen (secondary N) is 2. The van der Waals surface area contributed by atoms with Crippen molar-refractivity contribution in [3.63, 3.8) is 0 Å². The molecule has 2 rings (SSSR count). The van der Waals surface area contributed by atoms with Crippen LogP contribution in [0.25, 0.3) is 11.2 Å². The second kappa shape index (κ2) is 5.12. The maximum absolute atomic E-state index is 10.6. The van der Waals surface area contributed by atoms with Crippen LogP contribution >= 0.6 is 0 Å². The number of nitrogens with zero attached hydrogens (tertiary/aromatic N) is 2. The van der Waals surface area contributed by atoms with Crippen molar-refractivity contribution in [2.24, 2.45) is 0 Å². The average molecular weight is 228 g/mol. The lowest BCUT2D eigenvalue weighted by Gasteiger charge is -1.94. The van der Waals surface area contributed by atoms with Crippen LogP contribution in [0.15, 0.2) is 18.6 Å². The Kier molecular flexibility index (Phi) is 3.36. The zero-order chi connectivity index (χ0) is 12.1. The topological polar surface area (TPSA) is 70.7 Å². The van der Waals surface area contributed by atoms with Gasteiger partial charge in [0.25, 0.3) is 0 Å². The summed E-state index contributed by atoms with van der Waals surface area (Å²) in [7, 11) is 0. The van der Waals surface area contributed by atoms with E-state index in [9.17, 15) is 4.79 Å². The van der Waals surface area contributed by atoms with E-state index in [4.69, 9.17) is 0 Å². The van der Waals surface area contributed by atoms with Crippen LogP contribution in [0.1, 0.15) is 18.9 Å². The number of amides is 1. The van der Waals surface area contributed by atoms with Crippen LogP contribution in [0.3, 0.4) is 0 Å². The van der Waals surface area contributed by atoms with Crippen LogP contribution in [0.2, 0.25) is 0 Å². The highest BCUT2D eigenvalue weighted by Crippen LogP contribution is 2.06. The predicted octanol–water partition coefficient (Wildman–Crippen LogP) is 0.836. The van der Waals surface area contributed by atoms with E-state index in [1.165, 1.54) is 6.92 Å². The van der Waals surface area contributed by atoms with Crippen LogP contribution < -0.4 is 5.32 Å². The number of fused-ring (bicyclic) bond motifs is 1. The van der Waals surface area contributed by atoms with Crippen molar-refractivity contribution >= 4 is 17.1 Å². The Morgan fingerprint density at radius 3 is 3.24 bits per heavy atom. The quantitative estimate of drug-likeness (QED) is 0.591. The Bertz CT molecular complexity index is 591. The SMILES string of the molecule is CC(=O)NCCC#Cc1cnc2nc[nH]c2c1. The van der Waals surface area contributed by atoms with Crippen molar-refractivity contribution in [2.75, 3.05) is 6.54 Å². The fourth-order valence-electron chi connectivity index (χ4n) is 1.36. The number of imidazole rings is 1. The molecule has 17 heavy (non-hydrogen) atoms. The number of pyridine rings is 1. The van der Waals surface area contributed by atoms with E-state index in [1.807, 2.05) is 6.07 Å². The zero-order valence-electron chi connectivity index (χ0n) is 9.45. The first-order valence-corrected chi connectivity index (χ1v) is 5.28. The molecule has 2 N–H and O–H groups in total. The van der Waals surface area contributed by atoms with E-state index in [-0.39, 0.29) is 5.91 Å². The molecule has 0 radical (unpaired) electrons. The molecule has 5 nitrogen and oxygen atoms in total. The van der Waals surface area contributed by atoms with Gasteiger partial charge in [-0.05, 0) is 6.07 Å². The van der Waals surface area contributed by atoms with Crippen LogP contribution in [0.4, 0.5) is 0 Å². The van der Waals surface area contributed by atoms with Gasteiger partial charge in [-0.3, -0.25) is 4.79 Å². The minimum Gasteiger partial charge on any atom is -0.355 e. The average Bonchev–Trinajstić information content (AvgIpc) is 2.75. The number of hydrogen-bond acceptors (Lipinski definition) is 3. The minimum atomic E-state index is -0.0349. The van der Waals surface area contributed by atoms with Gasteiger partial charge < -0.3 is 10.3 Å². The summed E-state index contributed by atoms with van der Waals surface area (Å²) in [6.07, 6.45) is 3.92. The van der Waals surface area contributed by atoms with Gasteiger partial charge in [0.1, 0.15) is 0 Å². The van der Waals surface area contributed by atoms with E-state index in [0.29, 0.717) is 18.6 Å². The number of hydrogen-bond donors (Lipinski definition) is 2. The number of aromatic amines is 1. The lowest BCUT2D eigenvalue weighted by Crippen LogP contribution is -2.20. The van der Waals surface area contributed by atoms with E-state index >= 15 is 0 Å². The van der Waals surface area contributed by atoms with Crippen molar-refractivity contribution in [1.29, 1.82) is 0 Å². The highest BCUT2D eigenvalue weighted by molar-refractivity contribution is 5.72. The van der Waals surface area contributed by atoms with Crippen molar-refractivity contribution in [3.8, 4) is 11.8 Å². The lowest BCUT2D eigenvalue weighted by molar-refractivity contribution is -0.118. The van der Waals surface area contributed by atoms with Gasteiger partial charge in [0.2, 0.25) is 5.91 Å². The van der Waals surface area contributed by atoms with Crippen LogP contribution in [-0.2, 0) is 4.79 Å². The van der Waals surface area contributed by atoms with Gasteiger partial charge in [0.15, 0.2) is 5.65 Å².